The summed E-state index contributed by atoms with van der Waals surface area (Å²) >= 11 is 1.83. The lowest BCUT2D eigenvalue weighted by atomic mass is 10.0. The second kappa shape index (κ2) is 11.6. The maximum absolute atomic E-state index is 6.08. The molecule has 0 saturated carbocycles. The van der Waals surface area contributed by atoms with Gasteiger partial charge in [-0.2, -0.15) is 0 Å². The number of anilines is 3. The normalized spacial score (nSPS) is 11.6. The zero-order valence-electron chi connectivity index (χ0n) is 26.7. The zero-order valence-corrected chi connectivity index (χ0v) is 27.5. The SMILES string of the molecule is c1ccc2sc(-c3ccc4ccc(N(c5ccc(-c6nc7ccccc7o6)cc5)c5ccc(-c6nc7ccccc7o6)cc5)cc4c3)cc2c1. The maximum Gasteiger partial charge on any atom is 0.227 e. The minimum atomic E-state index is 0.603. The van der Waals surface area contributed by atoms with Crippen molar-refractivity contribution in [2.45, 2.75) is 0 Å². The molecule has 3 aromatic heterocycles. The number of para-hydroxylation sites is 4. The van der Waals surface area contributed by atoms with Crippen molar-refractivity contribution in [1.29, 1.82) is 0 Å². The smallest absolute Gasteiger partial charge is 0.227 e. The Hall–Kier alpha value is -6.50. The molecule has 0 N–H and O–H groups in total. The van der Waals surface area contributed by atoms with E-state index in [2.05, 4.69) is 120 Å². The Kier molecular flexibility index (Phi) is 6.60. The Bertz CT molecular complexity index is 2610. The molecule has 0 aliphatic rings. The number of rotatable bonds is 6. The van der Waals surface area contributed by atoms with Crippen LogP contribution < -0.4 is 4.90 Å². The molecule has 7 aromatic carbocycles. The third-order valence-electron chi connectivity index (χ3n) is 9.12. The van der Waals surface area contributed by atoms with E-state index in [0.29, 0.717) is 11.8 Å². The highest BCUT2D eigenvalue weighted by molar-refractivity contribution is 7.22. The van der Waals surface area contributed by atoms with E-state index < -0.39 is 0 Å². The highest BCUT2D eigenvalue weighted by atomic mass is 32.1. The first kappa shape index (κ1) is 28.5. The van der Waals surface area contributed by atoms with Crippen molar-refractivity contribution in [3.8, 4) is 33.3 Å². The topological polar surface area (TPSA) is 55.3 Å². The molecule has 10 aromatic rings. The summed E-state index contributed by atoms with van der Waals surface area (Å²) in [6.45, 7) is 0. The first-order chi connectivity index (χ1) is 24.7. The van der Waals surface area contributed by atoms with Gasteiger partial charge in [0, 0.05) is 37.8 Å². The van der Waals surface area contributed by atoms with Gasteiger partial charge in [0.25, 0.3) is 0 Å². The van der Waals surface area contributed by atoms with Crippen molar-refractivity contribution in [2.75, 3.05) is 4.90 Å². The third-order valence-corrected chi connectivity index (χ3v) is 10.3. The molecule has 6 heteroatoms. The van der Waals surface area contributed by atoms with Crippen LogP contribution in [0, 0.1) is 0 Å². The van der Waals surface area contributed by atoms with Gasteiger partial charge < -0.3 is 13.7 Å². The van der Waals surface area contributed by atoms with Gasteiger partial charge in [-0.1, -0.05) is 60.7 Å². The summed E-state index contributed by atoms with van der Waals surface area (Å²) in [6.07, 6.45) is 0. The van der Waals surface area contributed by atoms with Crippen molar-refractivity contribution in [1.82, 2.24) is 9.97 Å². The van der Waals surface area contributed by atoms with Gasteiger partial charge in [-0.25, -0.2) is 9.97 Å². The van der Waals surface area contributed by atoms with Crippen molar-refractivity contribution >= 4 is 71.5 Å². The fraction of sp³-hybridized carbons (Fsp3) is 0. The third kappa shape index (κ3) is 5.02. The standard InChI is InChI=1S/C44H27N3O2S/c1-6-12-41-31(7-1)27-42(50-41)32-14-13-28-15-24-36(26-33(28)25-32)47(34-20-16-29(17-21-34)43-45-37-8-2-4-10-39(37)48-43)35-22-18-30(19-23-35)44-46-38-9-3-5-11-40(38)49-44/h1-27H. The number of thiophene rings is 1. The molecule has 0 bridgehead atoms. The molecule has 10 rings (SSSR count). The Labute approximate surface area is 291 Å². The summed E-state index contributed by atoms with van der Waals surface area (Å²) in [5.41, 5.74) is 9.38. The first-order valence-electron chi connectivity index (χ1n) is 16.5. The van der Waals surface area contributed by atoms with Crippen LogP contribution in [0.4, 0.5) is 17.1 Å². The molecule has 0 fully saturated rings. The second-order valence-electron chi connectivity index (χ2n) is 12.3. The van der Waals surface area contributed by atoms with E-state index in [9.17, 15) is 0 Å². The van der Waals surface area contributed by atoms with Crippen LogP contribution in [-0.4, -0.2) is 9.97 Å². The molecular weight excluding hydrogens is 635 g/mol. The Balaban J connectivity index is 1.06. The Morgan fingerprint density at radius 2 is 0.960 bits per heavy atom. The number of fused-ring (bicyclic) bond motifs is 4. The van der Waals surface area contributed by atoms with E-state index in [0.717, 1.165) is 50.4 Å². The molecule has 50 heavy (non-hydrogen) atoms. The monoisotopic (exact) mass is 661 g/mol. The average molecular weight is 662 g/mol. The summed E-state index contributed by atoms with van der Waals surface area (Å²) in [7, 11) is 0. The summed E-state index contributed by atoms with van der Waals surface area (Å²) in [6, 6.07) is 56.7. The molecule has 0 unspecified atom stereocenters. The van der Waals surface area contributed by atoms with Crippen molar-refractivity contribution in [3.05, 3.63) is 164 Å². The highest BCUT2D eigenvalue weighted by Gasteiger charge is 2.17. The van der Waals surface area contributed by atoms with Crippen LogP contribution in [0.1, 0.15) is 0 Å². The average Bonchev–Trinajstić information content (AvgIpc) is 3.92. The van der Waals surface area contributed by atoms with Gasteiger partial charge in [0.05, 0.1) is 0 Å². The molecule has 0 amide bonds. The lowest BCUT2D eigenvalue weighted by Crippen LogP contribution is -2.09. The number of hydrogen-bond donors (Lipinski definition) is 0. The van der Waals surface area contributed by atoms with E-state index in [1.807, 2.05) is 59.9 Å². The van der Waals surface area contributed by atoms with Gasteiger partial charge in [-0.3, -0.25) is 0 Å². The van der Waals surface area contributed by atoms with E-state index >= 15 is 0 Å². The Morgan fingerprint density at radius 1 is 0.420 bits per heavy atom. The summed E-state index contributed by atoms with van der Waals surface area (Å²) < 4.78 is 13.5. The molecular formula is C44H27N3O2S. The number of nitrogens with zero attached hydrogens (tertiary/aromatic N) is 3. The number of benzene rings is 7. The second-order valence-corrected chi connectivity index (χ2v) is 13.4. The Morgan fingerprint density at radius 3 is 1.58 bits per heavy atom. The molecule has 0 atom stereocenters. The van der Waals surface area contributed by atoms with Gasteiger partial charge in [0.2, 0.25) is 11.8 Å². The molecule has 0 saturated heterocycles. The number of aromatic nitrogens is 2. The van der Waals surface area contributed by atoms with Crippen molar-refractivity contribution < 1.29 is 8.83 Å². The number of hydrogen-bond acceptors (Lipinski definition) is 6. The lowest BCUT2D eigenvalue weighted by molar-refractivity contribution is 0.619. The fourth-order valence-corrected chi connectivity index (χ4v) is 7.65. The first-order valence-corrected chi connectivity index (χ1v) is 17.3. The molecule has 0 aliphatic heterocycles. The minimum Gasteiger partial charge on any atom is -0.436 e. The van der Waals surface area contributed by atoms with E-state index in [4.69, 9.17) is 18.8 Å². The van der Waals surface area contributed by atoms with Crippen molar-refractivity contribution in [3.63, 3.8) is 0 Å². The predicted molar refractivity (Wildman–Crippen MR) is 205 cm³/mol. The number of oxazole rings is 2. The van der Waals surface area contributed by atoms with Crippen LogP contribution in [0.15, 0.2) is 173 Å². The maximum atomic E-state index is 6.08. The van der Waals surface area contributed by atoms with Gasteiger partial charge in [0.15, 0.2) is 11.2 Å². The molecule has 0 aliphatic carbocycles. The van der Waals surface area contributed by atoms with E-state index in [-0.39, 0.29) is 0 Å². The van der Waals surface area contributed by atoms with E-state index in [1.165, 1.54) is 31.3 Å². The van der Waals surface area contributed by atoms with Gasteiger partial charge in [-0.05, 0) is 125 Å². The molecule has 0 spiro atoms. The van der Waals surface area contributed by atoms with Crippen LogP contribution in [0.25, 0.3) is 76.4 Å². The van der Waals surface area contributed by atoms with Gasteiger partial charge in [-0.15, -0.1) is 11.3 Å². The molecule has 5 nitrogen and oxygen atoms in total. The minimum absolute atomic E-state index is 0.603. The largest absolute Gasteiger partial charge is 0.436 e. The lowest BCUT2D eigenvalue weighted by Gasteiger charge is -2.26. The summed E-state index contributed by atoms with van der Waals surface area (Å²) in [5, 5.41) is 3.64. The zero-order chi connectivity index (χ0) is 33.0. The quantitative estimate of drug-likeness (QED) is 0.177. The molecule has 3 heterocycles. The highest BCUT2D eigenvalue weighted by Crippen LogP contribution is 2.40. The van der Waals surface area contributed by atoms with Crippen LogP contribution in [0.5, 0.6) is 0 Å². The molecule has 236 valence electrons. The van der Waals surface area contributed by atoms with Crippen molar-refractivity contribution in [2.24, 2.45) is 0 Å². The summed E-state index contributed by atoms with van der Waals surface area (Å²) in [4.78, 5) is 13.0. The van der Waals surface area contributed by atoms with Gasteiger partial charge >= 0.3 is 0 Å². The van der Waals surface area contributed by atoms with Crippen LogP contribution in [0.3, 0.4) is 0 Å². The molecule has 0 radical (unpaired) electrons. The van der Waals surface area contributed by atoms with Crippen LogP contribution >= 0.6 is 11.3 Å². The van der Waals surface area contributed by atoms with E-state index in [1.54, 1.807) is 0 Å². The summed E-state index contributed by atoms with van der Waals surface area (Å²) in [5.74, 6) is 1.21. The predicted octanol–water partition coefficient (Wildman–Crippen LogP) is 12.8. The van der Waals surface area contributed by atoms with Gasteiger partial charge in [0.1, 0.15) is 11.0 Å². The van der Waals surface area contributed by atoms with Crippen LogP contribution in [-0.2, 0) is 0 Å². The fourth-order valence-electron chi connectivity index (χ4n) is 6.60. The van der Waals surface area contributed by atoms with Crippen LogP contribution in [0.2, 0.25) is 0 Å².